The first-order valence-corrected chi connectivity index (χ1v) is 17.7. The predicted molar refractivity (Wildman–Crippen MR) is 165 cm³/mol. The maximum atomic E-state index is 12.5. The van der Waals surface area contributed by atoms with Crippen molar-refractivity contribution in [2.24, 2.45) is 50.7 Å². The second kappa shape index (κ2) is 10.1. The maximum absolute atomic E-state index is 12.5. The minimum Gasteiger partial charge on any atom is -0.457 e. The monoisotopic (exact) mass is 617 g/mol. The Labute approximate surface area is 264 Å². The van der Waals surface area contributed by atoms with Crippen LogP contribution in [0.3, 0.4) is 0 Å². The van der Waals surface area contributed by atoms with Crippen molar-refractivity contribution in [1.29, 1.82) is 0 Å². The highest BCUT2D eigenvalue weighted by atomic mass is 16.7. The molecule has 0 bridgehead atoms. The van der Waals surface area contributed by atoms with Gasteiger partial charge in [0.05, 0.1) is 36.6 Å². The van der Waals surface area contributed by atoms with E-state index in [1.165, 1.54) is 32.6 Å². The van der Waals surface area contributed by atoms with Gasteiger partial charge in [-0.05, 0) is 111 Å². The zero-order valence-corrected chi connectivity index (χ0v) is 28.5. The summed E-state index contributed by atoms with van der Waals surface area (Å²) in [5, 5.41) is 26.9. The molecule has 14 atom stereocenters. The number of aliphatic hydroxyl groups is 2. The molecule has 2 saturated heterocycles. The van der Waals surface area contributed by atoms with E-state index in [-0.39, 0.29) is 52.0 Å². The highest BCUT2D eigenvalue weighted by Crippen LogP contribution is 2.89. The molecule has 0 radical (unpaired) electrons. The molecular formula is C36H59NO7. The van der Waals surface area contributed by atoms with Gasteiger partial charge in [0.15, 0.2) is 12.4 Å². The number of carbonyl (C=O) groups is 1. The molecule has 8 heteroatoms. The molecule has 6 unspecified atom stereocenters. The zero-order chi connectivity index (χ0) is 31.7. The summed E-state index contributed by atoms with van der Waals surface area (Å²) in [6, 6.07) is 0. The lowest BCUT2D eigenvalue weighted by molar-refractivity contribution is -0.237. The number of nitrogens with one attached hydrogen (secondary N) is 1. The largest absolute Gasteiger partial charge is 0.457 e. The molecule has 5 aliphatic carbocycles. The predicted octanol–water partition coefficient (Wildman–Crippen LogP) is 4.83. The summed E-state index contributed by atoms with van der Waals surface area (Å²) in [5.74, 6) is 1.16. The quantitative estimate of drug-likeness (QED) is 0.377. The van der Waals surface area contributed by atoms with E-state index < -0.39 is 29.9 Å². The number of hydrogen-bond acceptors (Lipinski definition) is 8. The molecule has 2 aliphatic heterocycles. The summed E-state index contributed by atoms with van der Waals surface area (Å²) in [5.41, 5.74) is -0.862. The van der Waals surface area contributed by atoms with Crippen molar-refractivity contribution in [3.05, 3.63) is 0 Å². The fourth-order valence-electron chi connectivity index (χ4n) is 13.4. The fraction of sp³-hybridized carbons (Fsp3) is 0.972. The van der Waals surface area contributed by atoms with Crippen LogP contribution < -0.4 is 5.32 Å². The van der Waals surface area contributed by atoms with E-state index in [2.05, 4.69) is 39.9 Å². The Balaban J connectivity index is 1.16. The molecule has 3 N–H and O–H groups in total. The Kier molecular flexibility index (Phi) is 7.32. The Bertz CT molecular complexity index is 1150. The van der Waals surface area contributed by atoms with Crippen LogP contribution in [0, 0.1) is 50.7 Å². The molecule has 8 nitrogen and oxygen atoms in total. The van der Waals surface area contributed by atoms with Crippen molar-refractivity contribution in [3.8, 4) is 0 Å². The van der Waals surface area contributed by atoms with Crippen molar-refractivity contribution in [1.82, 2.24) is 5.32 Å². The first-order valence-electron chi connectivity index (χ1n) is 17.7. The van der Waals surface area contributed by atoms with Crippen molar-refractivity contribution in [3.63, 3.8) is 0 Å². The van der Waals surface area contributed by atoms with Crippen LogP contribution in [-0.2, 0) is 23.7 Å². The van der Waals surface area contributed by atoms with Gasteiger partial charge in [-0.2, -0.15) is 0 Å². The van der Waals surface area contributed by atoms with Gasteiger partial charge in [0.2, 0.25) is 0 Å². The van der Waals surface area contributed by atoms with Gasteiger partial charge < -0.3 is 34.5 Å². The standard InChI is InChI=1S/C36H59NO7/c1-20-17-22(30(32(5,6)40)42-21(2)38)43-28-27(20)33(7)13-14-36-19-35(36)12-11-25(44-26-18-37-15-16-41-26)31(3,4)23(35)9-10-24(36)34(33,8)29(28)39/h20,22-30,37,39-40H,9-19H2,1-8H3/t20?,22?,23-,24-,25?,26-,27?,28?,29-,30-,33+,34+,35+,36?/m0/s1. The van der Waals surface area contributed by atoms with Crippen molar-refractivity contribution >= 4 is 5.97 Å². The third kappa shape index (κ3) is 4.12. The van der Waals surface area contributed by atoms with Gasteiger partial charge in [-0.1, -0.05) is 34.6 Å². The molecule has 0 aromatic heterocycles. The normalized spacial score (nSPS) is 53.3. The van der Waals surface area contributed by atoms with Gasteiger partial charge >= 0.3 is 5.97 Å². The lowest BCUT2D eigenvalue weighted by Crippen LogP contribution is -2.60. The van der Waals surface area contributed by atoms with Crippen molar-refractivity contribution in [2.75, 3.05) is 19.7 Å². The smallest absolute Gasteiger partial charge is 0.303 e. The van der Waals surface area contributed by atoms with E-state index in [0.717, 1.165) is 32.4 Å². The number of morpholine rings is 1. The minimum absolute atomic E-state index is 0.0409. The van der Waals surface area contributed by atoms with Crippen LogP contribution >= 0.6 is 0 Å². The average molecular weight is 618 g/mol. The van der Waals surface area contributed by atoms with Gasteiger partial charge in [0.25, 0.3) is 0 Å². The average Bonchev–Trinajstić information content (AvgIpc) is 3.58. The summed E-state index contributed by atoms with van der Waals surface area (Å²) >= 11 is 0. The third-order valence-electron chi connectivity index (χ3n) is 15.3. The molecule has 5 saturated carbocycles. The van der Waals surface area contributed by atoms with Gasteiger partial charge in [-0.25, -0.2) is 0 Å². The summed E-state index contributed by atoms with van der Waals surface area (Å²) in [6.45, 7) is 19.2. The van der Waals surface area contributed by atoms with E-state index in [1.54, 1.807) is 13.8 Å². The molecule has 2 heterocycles. The Morgan fingerprint density at radius 3 is 2.41 bits per heavy atom. The lowest BCUT2D eigenvalue weighted by atomic mass is 9.41. The van der Waals surface area contributed by atoms with E-state index >= 15 is 0 Å². The summed E-state index contributed by atoms with van der Waals surface area (Å²) in [6.07, 6.45) is 6.87. The SMILES string of the molecule is CC(=O)O[C@@H](C1CC(C)C2C(O1)[C@H](O)[C@@]1(C)[C@@H]3CC[C@H]4C(C)(C)C(O[C@H]5CNCCO5)CC[C@@]45CC35CC[C@]21C)C(C)(C)O. The molecule has 2 spiro atoms. The number of ether oxygens (including phenoxy) is 4. The topological polar surface area (TPSA) is 106 Å². The highest BCUT2D eigenvalue weighted by molar-refractivity contribution is 5.66. The third-order valence-corrected chi connectivity index (χ3v) is 15.3. The van der Waals surface area contributed by atoms with E-state index in [4.69, 9.17) is 18.9 Å². The van der Waals surface area contributed by atoms with Crippen LogP contribution in [0.4, 0.5) is 0 Å². The number of carbonyl (C=O) groups excluding carboxylic acids is 1. The summed E-state index contributed by atoms with van der Waals surface area (Å²) in [7, 11) is 0. The minimum atomic E-state index is -1.25. The zero-order valence-electron chi connectivity index (χ0n) is 28.5. The van der Waals surface area contributed by atoms with Gasteiger partial charge in [0.1, 0.15) is 0 Å². The van der Waals surface area contributed by atoms with Gasteiger partial charge in [-0.15, -0.1) is 0 Å². The van der Waals surface area contributed by atoms with Gasteiger partial charge in [-0.3, -0.25) is 4.79 Å². The van der Waals surface area contributed by atoms with Crippen LogP contribution in [0.5, 0.6) is 0 Å². The van der Waals surface area contributed by atoms with Crippen LogP contribution in [-0.4, -0.2) is 78.3 Å². The molecule has 7 fully saturated rings. The summed E-state index contributed by atoms with van der Waals surface area (Å²) < 4.78 is 25.2. The number of rotatable bonds is 5. The second-order valence-corrected chi connectivity index (χ2v) is 17.9. The van der Waals surface area contributed by atoms with Gasteiger partial charge in [0, 0.05) is 25.4 Å². The molecule has 0 aromatic rings. The molecule has 250 valence electrons. The van der Waals surface area contributed by atoms with Crippen LogP contribution in [0.1, 0.15) is 107 Å². The summed E-state index contributed by atoms with van der Waals surface area (Å²) in [4.78, 5) is 12.0. The first-order chi connectivity index (χ1) is 20.5. The van der Waals surface area contributed by atoms with E-state index in [1.807, 2.05) is 0 Å². The molecule has 0 amide bonds. The Morgan fingerprint density at radius 1 is 1.05 bits per heavy atom. The number of fused-ring (bicyclic) bond motifs is 4. The van der Waals surface area contributed by atoms with E-state index in [9.17, 15) is 15.0 Å². The molecule has 44 heavy (non-hydrogen) atoms. The molecular weight excluding hydrogens is 558 g/mol. The Hall–Kier alpha value is -0.770. The maximum Gasteiger partial charge on any atom is 0.303 e. The van der Waals surface area contributed by atoms with Crippen LogP contribution in [0.25, 0.3) is 0 Å². The molecule has 0 aromatic carbocycles. The van der Waals surface area contributed by atoms with Crippen LogP contribution in [0.15, 0.2) is 0 Å². The lowest BCUT2D eigenvalue weighted by Gasteiger charge is -2.64. The number of aliphatic hydroxyl groups excluding tert-OH is 1. The van der Waals surface area contributed by atoms with Crippen molar-refractivity contribution in [2.45, 2.75) is 149 Å². The first kappa shape index (κ1) is 31.8. The molecule has 7 aliphatic rings. The number of hydrogen-bond donors (Lipinski definition) is 3. The Morgan fingerprint density at radius 2 is 1.75 bits per heavy atom. The highest BCUT2D eigenvalue weighted by Gasteiger charge is 2.84. The molecule has 7 rings (SSSR count). The van der Waals surface area contributed by atoms with Crippen LogP contribution in [0.2, 0.25) is 0 Å². The van der Waals surface area contributed by atoms with Crippen molar-refractivity contribution < 1.29 is 34.0 Å². The fourth-order valence-corrected chi connectivity index (χ4v) is 13.4. The second-order valence-electron chi connectivity index (χ2n) is 17.9. The van der Waals surface area contributed by atoms with E-state index in [0.29, 0.717) is 30.3 Å². The number of esters is 1.